The molecule has 0 bridgehead atoms. The first-order valence-electron chi connectivity index (χ1n) is 10.2. The molecule has 0 aliphatic rings. The minimum Gasteiger partial charge on any atom is -0.484 e. The van der Waals surface area contributed by atoms with Gasteiger partial charge in [0.25, 0.3) is 0 Å². The van der Waals surface area contributed by atoms with Crippen LogP contribution in [-0.2, 0) is 9.53 Å². The van der Waals surface area contributed by atoms with Gasteiger partial charge in [0.2, 0.25) is 0 Å². The van der Waals surface area contributed by atoms with Crippen LogP contribution in [-0.4, -0.2) is 39.7 Å². The van der Waals surface area contributed by atoms with Crippen LogP contribution in [0.2, 0.25) is 0 Å². The molecule has 0 heterocycles. The summed E-state index contributed by atoms with van der Waals surface area (Å²) in [6.45, 7) is 11.7. The fourth-order valence-corrected chi connectivity index (χ4v) is 2.34. The van der Waals surface area contributed by atoms with E-state index in [0.717, 1.165) is 56.9 Å². The quantitative estimate of drug-likeness (QED) is 0.298. The molecule has 0 aliphatic carbocycles. The third-order valence-corrected chi connectivity index (χ3v) is 4.35. The van der Waals surface area contributed by atoms with E-state index in [1.54, 1.807) is 6.07 Å². The number of anilines is 2. The number of hydrogen-bond donors (Lipinski definition) is 1. The lowest BCUT2D eigenvalue weighted by Crippen LogP contribution is -2.19. The molecule has 1 atom stereocenters. The highest BCUT2D eigenvalue weighted by Crippen LogP contribution is 2.29. The van der Waals surface area contributed by atoms with Crippen molar-refractivity contribution in [3.8, 4) is 5.75 Å². The summed E-state index contributed by atoms with van der Waals surface area (Å²) in [6.07, 6.45) is 6.63. The molecule has 0 saturated heterocycles. The monoisotopic (exact) mass is 380 g/mol. The number of nitrogens with two attached hydrogens (primary N) is 1. The minimum absolute atomic E-state index is 0.0536. The second kappa shape index (κ2) is 16.4. The van der Waals surface area contributed by atoms with Crippen molar-refractivity contribution in [3.05, 3.63) is 18.2 Å². The summed E-state index contributed by atoms with van der Waals surface area (Å²) in [4.78, 5) is 12.5. The van der Waals surface area contributed by atoms with Gasteiger partial charge in [-0.1, -0.05) is 40.5 Å². The first-order chi connectivity index (χ1) is 13.0. The highest BCUT2D eigenvalue weighted by molar-refractivity contribution is 5.64. The van der Waals surface area contributed by atoms with Crippen LogP contribution in [0.25, 0.3) is 0 Å². The van der Waals surface area contributed by atoms with Crippen molar-refractivity contribution in [2.75, 3.05) is 44.0 Å². The Kier molecular flexibility index (Phi) is 15.4. The first kappa shape index (κ1) is 25.2. The molecule has 0 aromatic heterocycles. The number of ether oxygens (including phenoxy) is 2. The molecule has 0 radical (unpaired) electrons. The number of carbonyl (C=O) groups excluding carboxylic acids is 1. The minimum atomic E-state index is 0.0536. The number of unbranched alkanes of at least 4 members (excludes halogenated alkanes) is 1. The predicted octanol–water partition coefficient (Wildman–Crippen LogP) is 4.93. The molecule has 1 aromatic rings. The standard InChI is InChI=1S/C13H20N2O2.C9H20O/c1-3-4-7-15(2)12-6-5-11(14)10-13(12)17-9-8-16;1-4-7-10-8-6-9(3)5-2/h5-6,8,10H,3-4,7,9,14H2,1-2H3;9H,4-8H2,1-3H3. The second-order valence-corrected chi connectivity index (χ2v) is 6.89. The molecule has 0 spiro atoms. The zero-order valence-electron chi connectivity index (χ0n) is 18.0. The summed E-state index contributed by atoms with van der Waals surface area (Å²) >= 11 is 0. The maximum atomic E-state index is 10.3. The summed E-state index contributed by atoms with van der Waals surface area (Å²) in [5, 5.41) is 0. The Bertz CT molecular complexity index is 494. The van der Waals surface area contributed by atoms with E-state index in [1.165, 1.54) is 12.8 Å². The lowest BCUT2D eigenvalue weighted by atomic mass is 10.1. The van der Waals surface area contributed by atoms with E-state index in [9.17, 15) is 4.79 Å². The lowest BCUT2D eigenvalue weighted by molar-refractivity contribution is -0.109. The summed E-state index contributed by atoms with van der Waals surface area (Å²) in [5.74, 6) is 1.49. The van der Waals surface area contributed by atoms with Crippen LogP contribution in [0.1, 0.15) is 59.8 Å². The highest BCUT2D eigenvalue weighted by Gasteiger charge is 2.08. The van der Waals surface area contributed by atoms with E-state index < -0.39 is 0 Å². The number of nitrogen functional groups attached to an aromatic ring is 1. The van der Waals surface area contributed by atoms with Crippen molar-refractivity contribution in [1.82, 2.24) is 0 Å². The van der Waals surface area contributed by atoms with Crippen molar-refractivity contribution in [1.29, 1.82) is 0 Å². The molecule has 2 N–H and O–H groups in total. The maximum absolute atomic E-state index is 10.3. The molecule has 5 heteroatoms. The van der Waals surface area contributed by atoms with Crippen molar-refractivity contribution >= 4 is 17.7 Å². The van der Waals surface area contributed by atoms with E-state index in [0.29, 0.717) is 11.4 Å². The Hall–Kier alpha value is -1.75. The van der Waals surface area contributed by atoms with E-state index in [2.05, 4.69) is 32.6 Å². The average Bonchev–Trinajstić information content (AvgIpc) is 2.68. The van der Waals surface area contributed by atoms with Gasteiger partial charge in [-0.25, -0.2) is 0 Å². The van der Waals surface area contributed by atoms with Crippen LogP contribution in [0.3, 0.4) is 0 Å². The number of carbonyl (C=O) groups is 1. The van der Waals surface area contributed by atoms with Crippen LogP contribution < -0.4 is 15.4 Å². The SMILES string of the molecule is CCCCN(C)c1ccc(N)cc1OCC=O.CCCOCCC(C)CC. The van der Waals surface area contributed by atoms with Gasteiger partial charge in [-0.15, -0.1) is 0 Å². The Morgan fingerprint density at radius 3 is 2.52 bits per heavy atom. The van der Waals surface area contributed by atoms with Gasteiger partial charge in [-0.2, -0.15) is 0 Å². The van der Waals surface area contributed by atoms with E-state index >= 15 is 0 Å². The highest BCUT2D eigenvalue weighted by atomic mass is 16.5. The van der Waals surface area contributed by atoms with Gasteiger partial charge in [0, 0.05) is 38.6 Å². The molecule has 0 amide bonds. The number of benzene rings is 1. The molecule has 27 heavy (non-hydrogen) atoms. The van der Waals surface area contributed by atoms with Gasteiger partial charge < -0.3 is 20.1 Å². The summed E-state index contributed by atoms with van der Waals surface area (Å²) < 4.78 is 10.7. The molecule has 0 aliphatic heterocycles. The van der Waals surface area contributed by atoms with Crippen LogP contribution in [0.4, 0.5) is 11.4 Å². The second-order valence-electron chi connectivity index (χ2n) is 6.89. The van der Waals surface area contributed by atoms with Crippen molar-refractivity contribution in [3.63, 3.8) is 0 Å². The Balaban J connectivity index is 0.000000580. The van der Waals surface area contributed by atoms with Gasteiger partial charge >= 0.3 is 0 Å². The number of nitrogens with zero attached hydrogens (tertiary/aromatic N) is 1. The Morgan fingerprint density at radius 2 is 1.93 bits per heavy atom. The van der Waals surface area contributed by atoms with E-state index in [1.807, 2.05) is 19.2 Å². The van der Waals surface area contributed by atoms with Crippen LogP contribution in [0.5, 0.6) is 5.75 Å². The van der Waals surface area contributed by atoms with Crippen molar-refractivity contribution in [2.24, 2.45) is 5.92 Å². The Morgan fingerprint density at radius 1 is 1.19 bits per heavy atom. The molecular formula is C22H40N2O3. The fourth-order valence-electron chi connectivity index (χ4n) is 2.34. The number of hydrogen-bond acceptors (Lipinski definition) is 5. The molecule has 156 valence electrons. The predicted molar refractivity (Wildman–Crippen MR) is 116 cm³/mol. The Labute approximate surface area is 166 Å². The molecule has 5 nitrogen and oxygen atoms in total. The summed E-state index contributed by atoms with van der Waals surface area (Å²) in [5.41, 5.74) is 7.32. The first-order valence-corrected chi connectivity index (χ1v) is 10.2. The zero-order chi connectivity index (χ0) is 20.5. The van der Waals surface area contributed by atoms with Crippen molar-refractivity contribution < 1.29 is 14.3 Å². The van der Waals surface area contributed by atoms with Gasteiger partial charge in [-0.3, -0.25) is 4.79 Å². The smallest absolute Gasteiger partial charge is 0.157 e. The fraction of sp³-hybridized carbons (Fsp3) is 0.682. The maximum Gasteiger partial charge on any atom is 0.157 e. The van der Waals surface area contributed by atoms with Gasteiger partial charge in [0.05, 0.1) is 5.69 Å². The largest absolute Gasteiger partial charge is 0.484 e. The number of aldehydes is 1. The third kappa shape index (κ3) is 12.3. The van der Waals surface area contributed by atoms with Crippen LogP contribution >= 0.6 is 0 Å². The summed E-state index contributed by atoms with van der Waals surface area (Å²) in [7, 11) is 2.01. The van der Waals surface area contributed by atoms with Crippen LogP contribution in [0.15, 0.2) is 18.2 Å². The van der Waals surface area contributed by atoms with E-state index in [4.69, 9.17) is 15.2 Å². The van der Waals surface area contributed by atoms with Crippen molar-refractivity contribution in [2.45, 2.75) is 59.8 Å². The molecule has 1 aromatic carbocycles. The zero-order valence-corrected chi connectivity index (χ0v) is 18.0. The topological polar surface area (TPSA) is 64.8 Å². The normalized spacial score (nSPS) is 11.3. The van der Waals surface area contributed by atoms with Gasteiger partial charge in [-0.05, 0) is 37.3 Å². The average molecular weight is 381 g/mol. The number of rotatable bonds is 13. The van der Waals surface area contributed by atoms with Gasteiger partial charge in [0.15, 0.2) is 6.29 Å². The summed E-state index contributed by atoms with van der Waals surface area (Å²) in [6, 6.07) is 5.51. The molecule has 0 saturated carbocycles. The van der Waals surface area contributed by atoms with Gasteiger partial charge in [0.1, 0.15) is 12.4 Å². The molecule has 0 fully saturated rings. The molecule has 1 rings (SSSR count). The lowest BCUT2D eigenvalue weighted by Gasteiger charge is -2.22. The third-order valence-electron chi connectivity index (χ3n) is 4.35. The molecular weight excluding hydrogens is 340 g/mol. The van der Waals surface area contributed by atoms with Crippen LogP contribution in [0, 0.1) is 5.92 Å². The van der Waals surface area contributed by atoms with E-state index in [-0.39, 0.29) is 6.61 Å². The molecule has 1 unspecified atom stereocenters.